The van der Waals surface area contributed by atoms with E-state index in [1.54, 1.807) is 0 Å². The van der Waals surface area contributed by atoms with Crippen molar-refractivity contribution in [1.82, 2.24) is 0 Å². The van der Waals surface area contributed by atoms with Crippen LogP contribution in [-0.4, -0.2) is 33.5 Å². The first-order valence-corrected chi connectivity index (χ1v) is 16.9. The van der Waals surface area contributed by atoms with Gasteiger partial charge in [0.15, 0.2) is 5.78 Å². The maximum atomic E-state index is 13.1. The summed E-state index contributed by atoms with van der Waals surface area (Å²) in [6.45, 7) is 4.50. The van der Waals surface area contributed by atoms with Crippen LogP contribution in [0.4, 0.5) is 0 Å². The van der Waals surface area contributed by atoms with Gasteiger partial charge >= 0.3 is 0 Å². The van der Waals surface area contributed by atoms with Crippen LogP contribution >= 0.6 is 0 Å². The van der Waals surface area contributed by atoms with Gasteiger partial charge in [0.25, 0.3) is 0 Å². The van der Waals surface area contributed by atoms with Gasteiger partial charge < -0.3 is 10.2 Å². The molecule has 1 rings (SSSR count). The smallest absolute Gasteiger partial charge is 0.165 e. The standard InChI is InChI=1S/C34H64O4/c1-3-5-7-9-11-13-15-17-19-21-23-25-32(36)31-29-30(35)27-28-34(31,38)33(37)26-24-22-20-18-16-14-12-10-8-6-4-2/h30-31,35,38H,3-29H2,1-2H3. The maximum Gasteiger partial charge on any atom is 0.165 e. The fourth-order valence-corrected chi connectivity index (χ4v) is 6.18. The normalized spacial score (nSPS) is 21.6. The quantitative estimate of drug-likeness (QED) is 0.108. The second kappa shape index (κ2) is 23.0. The molecule has 3 unspecified atom stereocenters. The van der Waals surface area contributed by atoms with Crippen molar-refractivity contribution in [3.05, 3.63) is 0 Å². The number of hydrogen-bond donors (Lipinski definition) is 2. The van der Waals surface area contributed by atoms with E-state index in [-0.39, 0.29) is 24.4 Å². The third kappa shape index (κ3) is 15.8. The number of rotatable bonds is 26. The van der Waals surface area contributed by atoms with Gasteiger partial charge in [0.1, 0.15) is 11.4 Å². The van der Waals surface area contributed by atoms with E-state index in [0.29, 0.717) is 19.3 Å². The monoisotopic (exact) mass is 536 g/mol. The lowest BCUT2D eigenvalue weighted by Crippen LogP contribution is -2.53. The fourth-order valence-electron chi connectivity index (χ4n) is 6.18. The third-order valence-corrected chi connectivity index (χ3v) is 8.85. The summed E-state index contributed by atoms with van der Waals surface area (Å²) in [5.41, 5.74) is -1.56. The summed E-state index contributed by atoms with van der Waals surface area (Å²) in [5.74, 6) is -0.915. The molecular weight excluding hydrogens is 472 g/mol. The van der Waals surface area contributed by atoms with Gasteiger partial charge in [-0.15, -0.1) is 0 Å². The van der Waals surface area contributed by atoms with Crippen molar-refractivity contribution in [3.63, 3.8) is 0 Å². The van der Waals surface area contributed by atoms with Gasteiger partial charge in [-0.3, -0.25) is 9.59 Å². The molecule has 0 aliphatic heterocycles. The number of carbonyl (C=O) groups is 2. The minimum atomic E-state index is -1.56. The second-order valence-electron chi connectivity index (χ2n) is 12.4. The number of aliphatic hydroxyl groups excluding tert-OH is 1. The Kier molecular flexibility index (Phi) is 21.4. The van der Waals surface area contributed by atoms with E-state index in [4.69, 9.17) is 0 Å². The van der Waals surface area contributed by atoms with E-state index < -0.39 is 17.6 Å². The van der Waals surface area contributed by atoms with Crippen LogP contribution in [0.25, 0.3) is 0 Å². The molecule has 4 heteroatoms. The highest BCUT2D eigenvalue weighted by atomic mass is 16.3. The van der Waals surface area contributed by atoms with E-state index in [1.165, 1.54) is 103 Å². The van der Waals surface area contributed by atoms with Crippen molar-refractivity contribution in [2.75, 3.05) is 0 Å². The summed E-state index contributed by atoms with van der Waals surface area (Å²) in [6.07, 6.45) is 28.0. The van der Waals surface area contributed by atoms with Gasteiger partial charge in [0.2, 0.25) is 0 Å². The number of carbonyl (C=O) groups excluding carboxylic acids is 2. The van der Waals surface area contributed by atoms with Crippen molar-refractivity contribution in [2.45, 2.75) is 199 Å². The predicted molar refractivity (Wildman–Crippen MR) is 160 cm³/mol. The first-order chi connectivity index (χ1) is 18.5. The molecule has 0 spiro atoms. The van der Waals surface area contributed by atoms with Crippen LogP contribution in [0.15, 0.2) is 0 Å². The average molecular weight is 537 g/mol. The minimum absolute atomic E-state index is 0.0190. The Morgan fingerprint density at radius 2 is 0.974 bits per heavy atom. The number of aliphatic hydroxyl groups is 2. The van der Waals surface area contributed by atoms with Crippen LogP contribution in [0.1, 0.15) is 187 Å². The summed E-state index contributed by atoms with van der Waals surface area (Å²) in [4.78, 5) is 26.1. The number of unbranched alkanes of at least 4 members (excludes halogenated alkanes) is 20. The molecule has 0 aromatic rings. The lowest BCUT2D eigenvalue weighted by molar-refractivity contribution is -0.159. The fraction of sp³-hybridized carbons (Fsp3) is 0.941. The van der Waals surface area contributed by atoms with Gasteiger partial charge in [-0.2, -0.15) is 0 Å². The van der Waals surface area contributed by atoms with Crippen LogP contribution in [0.2, 0.25) is 0 Å². The van der Waals surface area contributed by atoms with Gasteiger partial charge in [0.05, 0.1) is 12.0 Å². The molecule has 0 aromatic carbocycles. The van der Waals surface area contributed by atoms with Crippen LogP contribution in [0.3, 0.4) is 0 Å². The zero-order valence-corrected chi connectivity index (χ0v) is 25.5. The Bertz CT molecular complexity index is 589. The minimum Gasteiger partial charge on any atom is -0.393 e. The van der Waals surface area contributed by atoms with Gasteiger partial charge in [-0.25, -0.2) is 0 Å². The molecule has 3 atom stereocenters. The molecular formula is C34H64O4. The Hall–Kier alpha value is -0.740. The van der Waals surface area contributed by atoms with Gasteiger partial charge in [-0.1, -0.05) is 142 Å². The van der Waals surface area contributed by atoms with Gasteiger partial charge in [-0.05, 0) is 32.1 Å². The summed E-state index contributed by atoms with van der Waals surface area (Å²) < 4.78 is 0. The lowest BCUT2D eigenvalue weighted by Gasteiger charge is -2.40. The molecule has 0 saturated heterocycles. The van der Waals surface area contributed by atoms with E-state index in [9.17, 15) is 19.8 Å². The number of Topliss-reactive ketones (excluding diaryl/α,β-unsaturated/α-hetero) is 2. The molecule has 0 radical (unpaired) electrons. The average Bonchev–Trinajstić information content (AvgIpc) is 2.91. The van der Waals surface area contributed by atoms with Crippen molar-refractivity contribution >= 4 is 11.6 Å². The number of hydrogen-bond acceptors (Lipinski definition) is 4. The molecule has 2 N–H and O–H groups in total. The number of ketones is 2. The van der Waals surface area contributed by atoms with Crippen LogP contribution in [0, 0.1) is 5.92 Å². The van der Waals surface area contributed by atoms with Crippen LogP contribution in [0.5, 0.6) is 0 Å². The van der Waals surface area contributed by atoms with Crippen LogP contribution < -0.4 is 0 Å². The zero-order valence-electron chi connectivity index (χ0n) is 25.5. The molecule has 1 aliphatic carbocycles. The van der Waals surface area contributed by atoms with Crippen molar-refractivity contribution in [3.8, 4) is 0 Å². The van der Waals surface area contributed by atoms with Crippen molar-refractivity contribution < 1.29 is 19.8 Å². The van der Waals surface area contributed by atoms with Gasteiger partial charge in [0, 0.05) is 12.8 Å². The van der Waals surface area contributed by atoms with Crippen molar-refractivity contribution in [2.24, 2.45) is 5.92 Å². The Balaban J connectivity index is 2.24. The molecule has 0 aromatic heterocycles. The Labute approximate surface area is 236 Å². The first kappa shape index (κ1) is 35.3. The molecule has 0 amide bonds. The Morgan fingerprint density at radius 1 is 0.605 bits per heavy atom. The lowest BCUT2D eigenvalue weighted by atomic mass is 9.68. The Morgan fingerprint density at radius 3 is 1.39 bits per heavy atom. The molecule has 0 heterocycles. The van der Waals surface area contributed by atoms with Crippen LogP contribution in [-0.2, 0) is 9.59 Å². The molecule has 224 valence electrons. The van der Waals surface area contributed by atoms with E-state index in [1.807, 2.05) is 0 Å². The SMILES string of the molecule is CCCCCCCCCCCCCC(=O)C1CC(O)CCC1(O)C(=O)CCCCCCCCCCCCC. The highest BCUT2D eigenvalue weighted by molar-refractivity contribution is 5.95. The summed E-state index contributed by atoms with van der Waals surface area (Å²) >= 11 is 0. The third-order valence-electron chi connectivity index (χ3n) is 8.85. The first-order valence-electron chi connectivity index (χ1n) is 16.9. The van der Waals surface area contributed by atoms with E-state index >= 15 is 0 Å². The van der Waals surface area contributed by atoms with E-state index in [2.05, 4.69) is 13.8 Å². The second-order valence-corrected chi connectivity index (χ2v) is 12.4. The zero-order chi connectivity index (χ0) is 27.9. The summed E-state index contributed by atoms with van der Waals surface area (Å²) in [5, 5.41) is 21.5. The predicted octanol–water partition coefficient (Wildman–Crippen LogP) is 9.42. The maximum absolute atomic E-state index is 13.1. The largest absolute Gasteiger partial charge is 0.393 e. The molecule has 1 saturated carbocycles. The topological polar surface area (TPSA) is 74.6 Å². The van der Waals surface area contributed by atoms with Crippen molar-refractivity contribution in [1.29, 1.82) is 0 Å². The molecule has 38 heavy (non-hydrogen) atoms. The summed E-state index contributed by atoms with van der Waals surface area (Å²) in [7, 11) is 0. The summed E-state index contributed by atoms with van der Waals surface area (Å²) in [6, 6.07) is 0. The highest BCUT2D eigenvalue weighted by Crippen LogP contribution is 2.37. The molecule has 1 fully saturated rings. The molecule has 1 aliphatic rings. The molecule has 4 nitrogen and oxygen atoms in total. The van der Waals surface area contributed by atoms with E-state index in [0.717, 1.165) is 38.5 Å². The molecule has 0 bridgehead atoms. The highest BCUT2D eigenvalue weighted by Gasteiger charge is 2.49.